The third kappa shape index (κ3) is 6.65. The summed E-state index contributed by atoms with van der Waals surface area (Å²) in [6, 6.07) is 23.5. The average molecular weight is 540 g/mol. The minimum absolute atomic E-state index is 0.0324. The highest BCUT2D eigenvalue weighted by molar-refractivity contribution is 6.21. The van der Waals surface area contributed by atoms with E-state index < -0.39 is 6.04 Å². The molecule has 4 rings (SSSR count). The molecule has 0 radical (unpaired) electrons. The fourth-order valence-corrected chi connectivity index (χ4v) is 4.94. The van der Waals surface area contributed by atoms with E-state index in [-0.39, 0.29) is 49.2 Å². The number of carbonyl (C=O) groups excluding carboxylic acids is 4. The van der Waals surface area contributed by atoms with Crippen LogP contribution in [0.2, 0.25) is 0 Å². The summed E-state index contributed by atoms with van der Waals surface area (Å²) in [7, 11) is 0. The first-order chi connectivity index (χ1) is 19.3. The summed E-state index contributed by atoms with van der Waals surface area (Å²) in [5, 5.41) is 3.08. The molecule has 4 amide bonds. The van der Waals surface area contributed by atoms with E-state index in [2.05, 4.69) is 5.32 Å². The van der Waals surface area contributed by atoms with E-state index in [1.165, 1.54) is 4.90 Å². The molecule has 0 aliphatic carbocycles. The molecule has 0 fully saturated rings. The normalized spacial score (nSPS) is 14.0. The quantitative estimate of drug-likeness (QED) is 0.331. The number of nitrogens with one attached hydrogen (secondary N) is 1. The zero-order chi connectivity index (χ0) is 28.6. The minimum atomic E-state index is -0.720. The Bertz CT molecular complexity index is 1340. The van der Waals surface area contributed by atoms with Gasteiger partial charge in [0.25, 0.3) is 11.8 Å². The van der Waals surface area contributed by atoms with Gasteiger partial charge in [-0.2, -0.15) is 0 Å². The Morgan fingerprint density at radius 2 is 1.48 bits per heavy atom. The number of fused-ring (bicyclic) bond motifs is 1. The standard InChI is InChI=1S/C33H37N3O4/c1-4-24(3)34-31(38)29(21-25-14-6-5-7-15-25)36(22-26-16-9-8-13-23(26)2)30(37)19-12-20-35-32(39)27-17-10-11-18-28(27)33(35)40/h5-11,13-18,24,29H,4,12,19-22H2,1-3H3,(H,34,38)/t24-,29-/m1/s1. The van der Waals surface area contributed by atoms with Crippen LogP contribution in [0.15, 0.2) is 78.9 Å². The van der Waals surface area contributed by atoms with Gasteiger partial charge in [-0.1, -0.05) is 73.7 Å². The van der Waals surface area contributed by atoms with Crippen LogP contribution in [-0.4, -0.2) is 52.1 Å². The van der Waals surface area contributed by atoms with E-state index in [4.69, 9.17) is 0 Å². The fraction of sp³-hybridized carbons (Fsp3) is 0.333. The molecular weight excluding hydrogens is 502 g/mol. The van der Waals surface area contributed by atoms with Crippen LogP contribution >= 0.6 is 0 Å². The molecule has 0 unspecified atom stereocenters. The van der Waals surface area contributed by atoms with Crippen molar-refractivity contribution < 1.29 is 19.2 Å². The molecule has 0 saturated heterocycles. The molecule has 1 N–H and O–H groups in total. The molecule has 0 bridgehead atoms. The number of imide groups is 1. The lowest BCUT2D eigenvalue weighted by Crippen LogP contribution is -2.52. The Labute approximate surface area is 236 Å². The zero-order valence-electron chi connectivity index (χ0n) is 23.4. The first kappa shape index (κ1) is 28.7. The fourth-order valence-electron chi connectivity index (χ4n) is 4.94. The van der Waals surface area contributed by atoms with Crippen LogP contribution in [0.4, 0.5) is 0 Å². The van der Waals surface area contributed by atoms with Gasteiger partial charge >= 0.3 is 0 Å². The smallest absolute Gasteiger partial charge is 0.261 e. The van der Waals surface area contributed by atoms with E-state index in [1.54, 1.807) is 29.2 Å². The number of benzene rings is 3. The third-order valence-corrected chi connectivity index (χ3v) is 7.52. The van der Waals surface area contributed by atoms with Crippen molar-refractivity contribution in [1.82, 2.24) is 15.1 Å². The molecule has 3 aromatic rings. The predicted molar refractivity (Wildman–Crippen MR) is 155 cm³/mol. The number of rotatable bonds is 12. The summed E-state index contributed by atoms with van der Waals surface area (Å²) < 4.78 is 0. The largest absolute Gasteiger partial charge is 0.352 e. The average Bonchev–Trinajstić information content (AvgIpc) is 3.21. The number of carbonyl (C=O) groups is 4. The Balaban J connectivity index is 1.56. The first-order valence-corrected chi connectivity index (χ1v) is 13.9. The van der Waals surface area contributed by atoms with E-state index in [0.29, 0.717) is 24.0 Å². The van der Waals surface area contributed by atoms with E-state index in [1.807, 2.05) is 75.4 Å². The first-order valence-electron chi connectivity index (χ1n) is 13.9. The van der Waals surface area contributed by atoms with Crippen molar-refractivity contribution in [2.45, 2.75) is 65.1 Å². The maximum Gasteiger partial charge on any atom is 0.261 e. The number of hydrogen-bond donors (Lipinski definition) is 1. The lowest BCUT2D eigenvalue weighted by molar-refractivity contribution is -0.141. The number of aryl methyl sites for hydroxylation is 1. The Morgan fingerprint density at radius 1 is 0.875 bits per heavy atom. The van der Waals surface area contributed by atoms with Crippen LogP contribution in [-0.2, 0) is 22.6 Å². The monoisotopic (exact) mass is 539 g/mol. The highest BCUT2D eigenvalue weighted by Gasteiger charge is 2.35. The zero-order valence-corrected chi connectivity index (χ0v) is 23.4. The number of amides is 4. The second kappa shape index (κ2) is 13.2. The molecule has 3 aromatic carbocycles. The maximum atomic E-state index is 13.9. The molecule has 40 heavy (non-hydrogen) atoms. The van der Waals surface area contributed by atoms with E-state index in [0.717, 1.165) is 23.1 Å². The van der Waals surface area contributed by atoms with Crippen LogP contribution < -0.4 is 5.32 Å². The second-order valence-corrected chi connectivity index (χ2v) is 10.4. The minimum Gasteiger partial charge on any atom is -0.352 e. The molecule has 208 valence electrons. The molecule has 0 saturated carbocycles. The summed E-state index contributed by atoms with van der Waals surface area (Å²) in [5.41, 5.74) is 3.74. The lowest BCUT2D eigenvalue weighted by atomic mass is 10.0. The van der Waals surface area contributed by atoms with Crippen molar-refractivity contribution in [2.24, 2.45) is 0 Å². The van der Waals surface area contributed by atoms with Crippen LogP contribution in [0.25, 0.3) is 0 Å². The molecule has 1 heterocycles. The van der Waals surface area contributed by atoms with Gasteiger partial charge in [0.15, 0.2) is 0 Å². The summed E-state index contributed by atoms with van der Waals surface area (Å²) in [5.74, 6) is -1.06. The van der Waals surface area contributed by atoms with E-state index >= 15 is 0 Å². The van der Waals surface area contributed by atoms with Gasteiger partial charge in [0.1, 0.15) is 6.04 Å². The van der Waals surface area contributed by atoms with Gasteiger partial charge < -0.3 is 10.2 Å². The third-order valence-electron chi connectivity index (χ3n) is 7.52. The molecule has 1 aliphatic heterocycles. The summed E-state index contributed by atoms with van der Waals surface area (Å²) >= 11 is 0. The highest BCUT2D eigenvalue weighted by Crippen LogP contribution is 2.23. The van der Waals surface area contributed by atoms with E-state index in [9.17, 15) is 19.2 Å². The van der Waals surface area contributed by atoms with Crippen molar-refractivity contribution in [3.63, 3.8) is 0 Å². The van der Waals surface area contributed by atoms with Gasteiger partial charge in [-0.25, -0.2) is 0 Å². The Morgan fingerprint density at radius 3 is 2.10 bits per heavy atom. The molecule has 7 heteroatoms. The van der Waals surface area contributed by atoms with Crippen LogP contribution in [0.3, 0.4) is 0 Å². The lowest BCUT2D eigenvalue weighted by Gasteiger charge is -2.33. The molecule has 1 aliphatic rings. The van der Waals surface area contributed by atoms with Crippen molar-refractivity contribution >= 4 is 23.6 Å². The summed E-state index contributed by atoms with van der Waals surface area (Å²) in [6.07, 6.45) is 1.55. The molecule has 7 nitrogen and oxygen atoms in total. The highest BCUT2D eigenvalue weighted by atomic mass is 16.2. The molecule has 0 aromatic heterocycles. The summed E-state index contributed by atoms with van der Waals surface area (Å²) in [4.78, 5) is 55.9. The van der Waals surface area contributed by atoms with Gasteiger partial charge in [0, 0.05) is 32.0 Å². The van der Waals surface area contributed by atoms with Gasteiger partial charge in [-0.15, -0.1) is 0 Å². The maximum absolute atomic E-state index is 13.9. The molecular formula is C33H37N3O4. The van der Waals surface area contributed by atoms with Gasteiger partial charge in [0.2, 0.25) is 11.8 Å². The van der Waals surface area contributed by atoms with Crippen LogP contribution in [0.5, 0.6) is 0 Å². The van der Waals surface area contributed by atoms with Crippen molar-refractivity contribution in [1.29, 1.82) is 0 Å². The van der Waals surface area contributed by atoms with Gasteiger partial charge in [0.05, 0.1) is 11.1 Å². The van der Waals surface area contributed by atoms with Crippen LogP contribution in [0, 0.1) is 6.92 Å². The van der Waals surface area contributed by atoms with Crippen LogP contribution in [0.1, 0.15) is 70.5 Å². The predicted octanol–water partition coefficient (Wildman–Crippen LogP) is 4.93. The number of hydrogen-bond acceptors (Lipinski definition) is 4. The Hall–Kier alpha value is -4.26. The molecule has 2 atom stereocenters. The van der Waals surface area contributed by atoms with Crippen molar-refractivity contribution in [3.05, 3.63) is 107 Å². The van der Waals surface area contributed by atoms with Crippen molar-refractivity contribution in [3.8, 4) is 0 Å². The SMILES string of the molecule is CC[C@@H](C)NC(=O)[C@@H](Cc1ccccc1)N(Cc1ccccc1C)C(=O)CCCN1C(=O)c2ccccc2C1=O. The summed E-state index contributed by atoms with van der Waals surface area (Å²) in [6.45, 7) is 6.37. The van der Waals surface area contributed by atoms with Gasteiger partial charge in [-0.3, -0.25) is 24.1 Å². The number of nitrogens with zero attached hydrogens (tertiary/aromatic N) is 2. The topological polar surface area (TPSA) is 86.8 Å². The van der Waals surface area contributed by atoms with Crippen molar-refractivity contribution in [2.75, 3.05) is 6.54 Å². The Kier molecular flexibility index (Phi) is 9.48. The second-order valence-electron chi connectivity index (χ2n) is 10.4. The van der Waals surface area contributed by atoms with Gasteiger partial charge in [-0.05, 0) is 55.5 Å². The molecule has 0 spiro atoms.